The van der Waals surface area contributed by atoms with Gasteiger partial charge in [-0.15, -0.1) is 0 Å². The molecule has 1 aliphatic carbocycles. The van der Waals surface area contributed by atoms with Gasteiger partial charge < -0.3 is 10.4 Å². The van der Waals surface area contributed by atoms with Gasteiger partial charge in [0.2, 0.25) is 0 Å². The number of nitriles is 1. The summed E-state index contributed by atoms with van der Waals surface area (Å²) in [4.78, 5) is 0. The summed E-state index contributed by atoms with van der Waals surface area (Å²) < 4.78 is 0. The standard InChI is InChI=1S/C16H22N2O/c1-16(2,8-5-9-17)11-18-15-13-7-4-3-6-12(13)10-14(15)19/h3-4,6-7,14-15,18-19H,5,8,10-11H2,1-2H3/t14-,15+/m0/s1. The molecule has 1 aromatic rings. The highest BCUT2D eigenvalue weighted by Gasteiger charge is 2.31. The van der Waals surface area contributed by atoms with E-state index in [2.05, 4.69) is 37.4 Å². The van der Waals surface area contributed by atoms with Crippen molar-refractivity contribution in [2.45, 2.75) is 45.3 Å². The number of aliphatic hydroxyl groups excluding tert-OH is 1. The van der Waals surface area contributed by atoms with Crippen LogP contribution < -0.4 is 5.32 Å². The van der Waals surface area contributed by atoms with E-state index >= 15 is 0 Å². The summed E-state index contributed by atoms with van der Waals surface area (Å²) in [6, 6.07) is 10.4. The molecule has 0 unspecified atom stereocenters. The fourth-order valence-corrected chi connectivity index (χ4v) is 2.69. The molecule has 0 radical (unpaired) electrons. The first-order valence-corrected chi connectivity index (χ1v) is 6.90. The Morgan fingerprint density at radius 3 is 2.89 bits per heavy atom. The molecule has 0 saturated heterocycles. The monoisotopic (exact) mass is 258 g/mol. The highest BCUT2D eigenvalue weighted by atomic mass is 16.3. The lowest BCUT2D eigenvalue weighted by atomic mass is 9.87. The molecule has 0 saturated carbocycles. The molecule has 3 heteroatoms. The van der Waals surface area contributed by atoms with Gasteiger partial charge in [0.15, 0.2) is 0 Å². The average Bonchev–Trinajstić information content (AvgIpc) is 2.70. The summed E-state index contributed by atoms with van der Waals surface area (Å²) in [6.45, 7) is 5.12. The lowest BCUT2D eigenvalue weighted by Gasteiger charge is -2.27. The van der Waals surface area contributed by atoms with E-state index in [1.165, 1.54) is 11.1 Å². The molecule has 0 bridgehead atoms. The first-order chi connectivity index (χ1) is 9.03. The van der Waals surface area contributed by atoms with Gasteiger partial charge in [-0.05, 0) is 23.0 Å². The Morgan fingerprint density at radius 2 is 2.16 bits per heavy atom. The Morgan fingerprint density at radius 1 is 1.42 bits per heavy atom. The maximum absolute atomic E-state index is 10.2. The smallest absolute Gasteiger partial charge is 0.0775 e. The van der Waals surface area contributed by atoms with Crippen molar-refractivity contribution in [1.82, 2.24) is 5.32 Å². The van der Waals surface area contributed by atoms with Crippen LogP contribution in [0.2, 0.25) is 0 Å². The van der Waals surface area contributed by atoms with Crippen LogP contribution in [0.5, 0.6) is 0 Å². The van der Waals surface area contributed by atoms with Crippen molar-refractivity contribution in [3.63, 3.8) is 0 Å². The molecule has 0 heterocycles. The fourth-order valence-electron chi connectivity index (χ4n) is 2.69. The summed E-state index contributed by atoms with van der Waals surface area (Å²) >= 11 is 0. The van der Waals surface area contributed by atoms with E-state index < -0.39 is 0 Å². The van der Waals surface area contributed by atoms with Gasteiger partial charge in [0.1, 0.15) is 0 Å². The average molecular weight is 258 g/mol. The predicted molar refractivity (Wildman–Crippen MR) is 75.5 cm³/mol. The SMILES string of the molecule is CC(C)(CCC#N)CN[C@@H]1c2ccccc2C[C@@H]1O. The molecule has 0 spiro atoms. The minimum Gasteiger partial charge on any atom is -0.391 e. The maximum atomic E-state index is 10.2. The van der Waals surface area contributed by atoms with Gasteiger partial charge >= 0.3 is 0 Å². The third-order valence-corrected chi connectivity index (χ3v) is 3.92. The highest BCUT2D eigenvalue weighted by Crippen LogP contribution is 2.32. The third kappa shape index (κ3) is 3.34. The molecule has 0 amide bonds. The lowest BCUT2D eigenvalue weighted by Crippen LogP contribution is -2.36. The molecule has 2 N–H and O–H groups in total. The highest BCUT2D eigenvalue weighted by molar-refractivity contribution is 5.36. The molecular weight excluding hydrogens is 236 g/mol. The van der Waals surface area contributed by atoms with Gasteiger partial charge in [-0.3, -0.25) is 0 Å². The summed E-state index contributed by atoms with van der Waals surface area (Å²) in [7, 11) is 0. The van der Waals surface area contributed by atoms with Crippen molar-refractivity contribution in [2.75, 3.05) is 6.54 Å². The van der Waals surface area contributed by atoms with Crippen LogP contribution in [0.3, 0.4) is 0 Å². The second-order valence-corrected chi connectivity index (χ2v) is 6.15. The van der Waals surface area contributed by atoms with Gasteiger partial charge in [-0.2, -0.15) is 5.26 Å². The van der Waals surface area contributed by atoms with E-state index in [-0.39, 0.29) is 17.6 Å². The molecule has 0 aromatic heterocycles. The summed E-state index contributed by atoms with van der Waals surface area (Å²) in [5.41, 5.74) is 2.53. The zero-order valence-electron chi connectivity index (χ0n) is 11.7. The topological polar surface area (TPSA) is 56.0 Å². The van der Waals surface area contributed by atoms with Crippen LogP contribution in [0.1, 0.15) is 43.9 Å². The Labute approximate surface area is 115 Å². The van der Waals surface area contributed by atoms with E-state index in [9.17, 15) is 5.11 Å². The largest absolute Gasteiger partial charge is 0.391 e. The number of hydrogen-bond donors (Lipinski definition) is 2. The summed E-state index contributed by atoms with van der Waals surface area (Å²) in [5.74, 6) is 0. The molecule has 102 valence electrons. The number of hydrogen-bond acceptors (Lipinski definition) is 3. The van der Waals surface area contributed by atoms with Crippen molar-refractivity contribution >= 4 is 0 Å². The van der Waals surface area contributed by atoms with Gasteiger partial charge in [-0.1, -0.05) is 38.1 Å². The first-order valence-electron chi connectivity index (χ1n) is 6.90. The van der Waals surface area contributed by atoms with Crippen LogP contribution in [0.4, 0.5) is 0 Å². The molecule has 1 aromatic carbocycles. The zero-order valence-corrected chi connectivity index (χ0v) is 11.7. The molecule has 19 heavy (non-hydrogen) atoms. The predicted octanol–water partition coefficient (Wildman–Crippen LogP) is 2.56. The zero-order chi connectivity index (χ0) is 13.9. The second-order valence-electron chi connectivity index (χ2n) is 6.15. The molecule has 1 aliphatic rings. The van der Waals surface area contributed by atoms with Gasteiger partial charge in [0.05, 0.1) is 18.2 Å². The molecular formula is C16H22N2O. The van der Waals surface area contributed by atoms with Gasteiger partial charge in [-0.25, -0.2) is 0 Å². The minimum absolute atomic E-state index is 0.0255. The minimum atomic E-state index is -0.343. The van der Waals surface area contributed by atoms with E-state index in [1.54, 1.807) is 0 Å². The normalized spacial score (nSPS) is 22.0. The number of rotatable bonds is 5. The summed E-state index contributed by atoms with van der Waals surface area (Å²) in [6.07, 6.45) is 1.84. The second kappa shape index (κ2) is 5.73. The van der Waals surface area contributed by atoms with Crippen LogP contribution in [0, 0.1) is 16.7 Å². The quantitative estimate of drug-likeness (QED) is 0.853. The van der Waals surface area contributed by atoms with Gasteiger partial charge in [0.25, 0.3) is 0 Å². The third-order valence-electron chi connectivity index (χ3n) is 3.92. The number of nitrogens with zero attached hydrogens (tertiary/aromatic N) is 1. The summed E-state index contributed by atoms with van der Waals surface area (Å²) in [5, 5.41) is 22.3. The molecule has 2 rings (SSSR count). The molecule has 3 nitrogen and oxygen atoms in total. The van der Waals surface area contributed by atoms with Crippen LogP contribution in [0.15, 0.2) is 24.3 Å². The van der Waals surface area contributed by atoms with Crippen LogP contribution in [-0.4, -0.2) is 17.8 Å². The molecule has 2 atom stereocenters. The Hall–Kier alpha value is -1.37. The van der Waals surface area contributed by atoms with Gasteiger partial charge in [0, 0.05) is 19.4 Å². The van der Waals surface area contributed by atoms with E-state index in [0.29, 0.717) is 6.42 Å². The van der Waals surface area contributed by atoms with Crippen molar-refractivity contribution in [1.29, 1.82) is 5.26 Å². The number of benzene rings is 1. The number of fused-ring (bicyclic) bond motifs is 1. The van der Waals surface area contributed by atoms with E-state index in [0.717, 1.165) is 19.4 Å². The Kier molecular flexibility index (Phi) is 4.24. The van der Waals surface area contributed by atoms with Crippen molar-refractivity contribution < 1.29 is 5.11 Å². The van der Waals surface area contributed by atoms with Crippen LogP contribution in [0.25, 0.3) is 0 Å². The lowest BCUT2D eigenvalue weighted by molar-refractivity contribution is 0.133. The number of nitrogens with one attached hydrogen (secondary N) is 1. The molecule has 0 fully saturated rings. The number of aliphatic hydroxyl groups is 1. The Balaban J connectivity index is 1.99. The molecule has 0 aliphatic heterocycles. The maximum Gasteiger partial charge on any atom is 0.0775 e. The van der Waals surface area contributed by atoms with E-state index in [4.69, 9.17) is 5.26 Å². The van der Waals surface area contributed by atoms with E-state index in [1.807, 2.05) is 12.1 Å². The first kappa shape index (κ1) is 14.0. The fraction of sp³-hybridized carbons (Fsp3) is 0.562. The van der Waals surface area contributed by atoms with Crippen molar-refractivity contribution in [2.24, 2.45) is 5.41 Å². The Bertz CT molecular complexity index is 476. The van der Waals surface area contributed by atoms with Crippen LogP contribution >= 0.6 is 0 Å². The van der Waals surface area contributed by atoms with Crippen molar-refractivity contribution in [3.8, 4) is 6.07 Å². The van der Waals surface area contributed by atoms with Crippen molar-refractivity contribution in [3.05, 3.63) is 35.4 Å². The van der Waals surface area contributed by atoms with Crippen LogP contribution in [-0.2, 0) is 6.42 Å².